The summed E-state index contributed by atoms with van der Waals surface area (Å²) in [4.78, 5) is 27.2. The van der Waals surface area contributed by atoms with E-state index < -0.39 is 6.04 Å². The highest BCUT2D eigenvalue weighted by molar-refractivity contribution is 7.99. The van der Waals surface area contributed by atoms with Crippen molar-refractivity contribution in [3.8, 4) is 0 Å². The fraction of sp³-hybridized carbons (Fsp3) is 0.391. The first kappa shape index (κ1) is 24.2. The number of hydrogen-bond acceptors (Lipinski definition) is 3. The number of rotatable bonds is 10. The molecular formula is C23H28ClFN2O2S. The van der Waals surface area contributed by atoms with Crippen molar-refractivity contribution in [1.82, 2.24) is 10.2 Å². The Labute approximate surface area is 187 Å². The van der Waals surface area contributed by atoms with Gasteiger partial charge in [-0.3, -0.25) is 9.59 Å². The second kappa shape index (κ2) is 12.0. The number of nitrogens with one attached hydrogen (secondary N) is 1. The van der Waals surface area contributed by atoms with E-state index in [4.69, 9.17) is 11.6 Å². The van der Waals surface area contributed by atoms with Crippen molar-refractivity contribution < 1.29 is 14.0 Å². The van der Waals surface area contributed by atoms with Crippen LogP contribution in [-0.2, 0) is 21.9 Å². The molecule has 0 aromatic heterocycles. The highest BCUT2D eigenvalue weighted by atomic mass is 35.5. The topological polar surface area (TPSA) is 49.4 Å². The Kier molecular flexibility index (Phi) is 9.66. The number of amides is 2. The van der Waals surface area contributed by atoms with Crippen molar-refractivity contribution in [2.45, 2.75) is 51.6 Å². The van der Waals surface area contributed by atoms with E-state index in [9.17, 15) is 14.0 Å². The van der Waals surface area contributed by atoms with Gasteiger partial charge in [0, 0.05) is 23.4 Å². The Morgan fingerprint density at radius 3 is 2.47 bits per heavy atom. The van der Waals surface area contributed by atoms with E-state index in [0.717, 1.165) is 17.5 Å². The number of carbonyl (C=O) groups excluding carboxylic acids is 2. The molecule has 0 saturated carbocycles. The van der Waals surface area contributed by atoms with Crippen LogP contribution in [-0.4, -0.2) is 34.6 Å². The molecule has 1 N–H and O–H groups in total. The third kappa shape index (κ3) is 7.65. The predicted octanol–water partition coefficient (Wildman–Crippen LogP) is 5.04. The van der Waals surface area contributed by atoms with Crippen molar-refractivity contribution in [3.05, 3.63) is 70.5 Å². The van der Waals surface area contributed by atoms with Crippen LogP contribution in [0.2, 0.25) is 5.02 Å². The van der Waals surface area contributed by atoms with Crippen LogP contribution >= 0.6 is 23.4 Å². The van der Waals surface area contributed by atoms with Gasteiger partial charge in [-0.05, 0) is 55.7 Å². The summed E-state index contributed by atoms with van der Waals surface area (Å²) in [6, 6.07) is 12.9. The molecule has 4 nitrogen and oxygen atoms in total. The Hall–Kier alpha value is -2.05. The number of thioether (sulfide) groups is 1. The van der Waals surface area contributed by atoms with E-state index in [1.54, 1.807) is 24.0 Å². The Balaban J connectivity index is 2.07. The number of halogens is 2. The molecule has 0 aliphatic carbocycles. The molecule has 30 heavy (non-hydrogen) atoms. The Bertz CT molecular complexity index is 847. The highest BCUT2D eigenvalue weighted by Crippen LogP contribution is 2.18. The monoisotopic (exact) mass is 450 g/mol. The lowest BCUT2D eigenvalue weighted by Gasteiger charge is -2.29. The van der Waals surface area contributed by atoms with Gasteiger partial charge in [-0.2, -0.15) is 0 Å². The minimum Gasteiger partial charge on any atom is -0.352 e. The van der Waals surface area contributed by atoms with Gasteiger partial charge >= 0.3 is 0 Å². The standard InChI is InChI=1S/C23H28ClFN2O2S/c1-4-16(2)26-23(29)17(3)27(13-18-8-10-21(25)11-9-18)22(28)15-30-14-19-6-5-7-20(24)12-19/h5-12,16-17H,4,13-15H2,1-3H3,(H,26,29)/t16-,17+/m1/s1. The highest BCUT2D eigenvalue weighted by Gasteiger charge is 2.26. The molecule has 0 spiro atoms. The minimum atomic E-state index is -0.636. The average molecular weight is 451 g/mol. The zero-order valence-electron chi connectivity index (χ0n) is 17.5. The van der Waals surface area contributed by atoms with Crippen LogP contribution in [0.1, 0.15) is 38.3 Å². The van der Waals surface area contributed by atoms with Gasteiger partial charge in [0.15, 0.2) is 0 Å². The SMILES string of the molecule is CC[C@@H](C)NC(=O)[C@H](C)N(Cc1ccc(F)cc1)C(=O)CSCc1cccc(Cl)c1. The number of carbonyl (C=O) groups is 2. The number of nitrogens with zero attached hydrogens (tertiary/aromatic N) is 1. The maximum absolute atomic E-state index is 13.3. The Morgan fingerprint density at radius 1 is 1.13 bits per heavy atom. The molecule has 2 rings (SSSR count). The van der Waals surface area contributed by atoms with Crippen LogP contribution in [0.15, 0.2) is 48.5 Å². The van der Waals surface area contributed by atoms with Crippen LogP contribution in [0.5, 0.6) is 0 Å². The number of hydrogen-bond donors (Lipinski definition) is 1. The third-order valence-corrected chi connectivity index (χ3v) is 6.04. The molecule has 0 unspecified atom stereocenters. The average Bonchev–Trinajstić information content (AvgIpc) is 2.72. The number of benzene rings is 2. The fourth-order valence-corrected chi connectivity index (χ4v) is 3.87. The van der Waals surface area contributed by atoms with Crippen LogP contribution in [0, 0.1) is 5.82 Å². The molecule has 2 atom stereocenters. The van der Waals surface area contributed by atoms with Gasteiger partial charge in [-0.25, -0.2) is 4.39 Å². The lowest BCUT2D eigenvalue weighted by atomic mass is 10.1. The molecule has 7 heteroatoms. The van der Waals surface area contributed by atoms with Crippen molar-refractivity contribution in [2.24, 2.45) is 0 Å². The van der Waals surface area contributed by atoms with Gasteiger partial charge in [0.05, 0.1) is 5.75 Å². The van der Waals surface area contributed by atoms with E-state index in [-0.39, 0.29) is 36.0 Å². The largest absolute Gasteiger partial charge is 0.352 e. The summed E-state index contributed by atoms with van der Waals surface area (Å²) in [7, 11) is 0. The first-order valence-corrected chi connectivity index (χ1v) is 11.5. The lowest BCUT2D eigenvalue weighted by molar-refractivity contribution is -0.138. The first-order valence-electron chi connectivity index (χ1n) is 9.96. The summed E-state index contributed by atoms with van der Waals surface area (Å²) in [6.45, 7) is 5.88. The second-order valence-electron chi connectivity index (χ2n) is 7.26. The molecule has 0 aliphatic heterocycles. The molecule has 0 radical (unpaired) electrons. The molecule has 0 aliphatic rings. The third-order valence-electron chi connectivity index (χ3n) is 4.82. The van der Waals surface area contributed by atoms with E-state index in [1.165, 1.54) is 23.9 Å². The summed E-state index contributed by atoms with van der Waals surface area (Å²) in [5.74, 6) is 0.202. The summed E-state index contributed by atoms with van der Waals surface area (Å²) < 4.78 is 13.3. The quantitative estimate of drug-likeness (QED) is 0.551. The normalized spacial score (nSPS) is 12.8. The van der Waals surface area contributed by atoms with Crippen LogP contribution in [0.3, 0.4) is 0 Å². The maximum Gasteiger partial charge on any atom is 0.242 e. The molecule has 2 amide bonds. The summed E-state index contributed by atoms with van der Waals surface area (Å²) in [5.41, 5.74) is 1.81. The Morgan fingerprint density at radius 2 is 1.83 bits per heavy atom. The molecule has 0 bridgehead atoms. The minimum absolute atomic E-state index is 0.0277. The maximum atomic E-state index is 13.3. The van der Waals surface area contributed by atoms with Gasteiger partial charge < -0.3 is 10.2 Å². The van der Waals surface area contributed by atoms with E-state index >= 15 is 0 Å². The molecular weight excluding hydrogens is 423 g/mol. The van der Waals surface area contributed by atoms with E-state index in [0.29, 0.717) is 10.8 Å². The van der Waals surface area contributed by atoms with Crippen LogP contribution in [0.4, 0.5) is 4.39 Å². The molecule has 2 aromatic rings. The zero-order chi connectivity index (χ0) is 22.1. The zero-order valence-corrected chi connectivity index (χ0v) is 19.1. The van der Waals surface area contributed by atoms with Crippen molar-refractivity contribution in [2.75, 3.05) is 5.75 Å². The van der Waals surface area contributed by atoms with Crippen molar-refractivity contribution in [3.63, 3.8) is 0 Å². The van der Waals surface area contributed by atoms with Gasteiger partial charge in [-0.15, -0.1) is 11.8 Å². The molecule has 162 valence electrons. The lowest BCUT2D eigenvalue weighted by Crippen LogP contribution is -2.50. The van der Waals surface area contributed by atoms with Crippen molar-refractivity contribution >= 4 is 35.2 Å². The molecule has 0 saturated heterocycles. The first-order chi connectivity index (χ1) is 14.3. The fourth-order valence-electron chi connectivity index (χ4n) is 2.80. The molecule has 0 heterocycles. The van der Waals surface area contributed by atoms with Gasteiger partial charge in [0.25, 0.3) is 0 Å². The predicted molar refractivity (Wildman–Crippen MR) is 122 cm³/mol. The summed E-state index contributed by atoms with van der Waals surface area (Å²) in [5, 5.41) is 3.59. The van der Waals surface area contributed by atoms with Crippen LogP contribution in [0.25, 0.3) is 0 Å². The smallest absolute Gasteiger partial charge is 0.242 e. The van der Waals surface area contributed by atoms with E-state index in [2.05, 4.69) is 5.32 Å². The van der Waals surface area contributed by atoms with Crippen LogP contribution < -0.4 is 5.32 Å². The molecule has 2 aromatic carbocycles. The van der Waals surface area contributed by atoms with Gasteiger partial charge in [-0.1, -0.05) is 42.8 Å². The summed E-state index contributed by atoms with van der Waals surface area (Å²) in [6.07, 6.45) is 0.805. The van der Waals surface area contributed by atoms with Gasteiger partial charge in [0.2, 0.25) is 11.8 Å². The second-order valence-corrected chi connectivity index (χ2v) is 8.69. The van der Waals surface area contributed by atoms with E-state index in [1.807, 2.05) is 38.1 Å². The van der Waals surface area contributed by atoms with Gasteiger partial charge in [0.1, 0.15) is 11.9 Å². The molecule has 0 fully saturated rings. The summed E-state index contributed by atoms with van der Waals surface area (Å²) >= 11 is 7.48. The van der Waals surface area contributed by atoms with Crippen molar-refractivity contribution in [1.29, 1.82) is 0 Å².